The molecular formula is C24H20O2Ti. The molecule has 5 aromatic carbocycles. The van der Waals surface area contributed by atoms with Crippen LogP contribution in [0, 0.1) is 0 Å². The van der Waals surface area contributed by atoms with E-state index in [2.05, 4.69) is 0 Å². The van der Waals surface area contributed by atoms with Gasteiger partial charge in [-0.3, -0.25) is 0 Å². The molecule has 0 aliphatic rings. The van der Waals surface area contributed by atoms with Crippen LogP contribution in [0.3, 0.4) is 0 Å². The van der Waals surface area contributed by atoms with Gasteiger partial charge in [-0.2, -0.15) is 36.4 Å². The van der Waals surface area contributed by atoms with Gasteiger partial charge in [-0.15, -0.1) is 0 Å². The predicted octanol–water partition coefficient (Wildman–Crippen LogP) is 6.21. The van der Waals surface area contributed by atoms with E-state index in [9.17, 15) is 10.2 Å². The maximum atomic E-state index is 9.91. The molecule has 0 aliphatic carbocycles. The zero-order valence-corrected chi connectivity index (χ0v) is 16.3. The SMILES string of the molecule is Oc1c(O)c2ccccc2c2ccccc12.[Ti+2].c1cc[cH-]c1.c1cc[cH-]c1. The van der Waals surface area contributed by atoms with Gasteiger partial charge in [0.05, 0.1) is 0 Å². The van der Waals surface area contributed by atoms with E-state index in [0.29, 0.717) is 10.8 Å². The van der Waals surface area contributed by atoms with Crippen LogP contribution in [0.15, 0.2) is 109 Å². The van der Waals surface area contributed by atoms with Crippen molar-refractivity contribution in [1.29, 1.82) is 0 Å². The fraction of sp³-hybridized carbons (Fsp3) is 0. The molecular weight excluding hydrogens is 368 g/mol. The molecule has 0 fully saturated rings. The first kappa shape index (κ1) is 20.5. The molecule has 0 aliphatic heterocycles. The molecule has 27 heavy (non-hydrogen) atoms. The van der Waals surface area contributed by atoms with Crippen LogP contribution in [0.25, 0.3) is 21.5 Å². The van der Waals surface area contributed by atoms with Crippen LogP contribution in [0.1, 0.15) is 0 Å². The first-order chi connectivity index (χ1) is 12.8. The van der Waals surface area contributed by atoms with Crippen molar-refractivity contribution in [2.24, 2.45) is 0 Å². The zero-order chi connectivity index (χ0) is 18.2. The fourth-order valence-electron chi connectivity index (χ4n) is 2.75. The van der Waals surface area contributed by atoms with Gasteiger partial charge in [0.25, 0.3) is 0 Å². The van der Waals surface area contributed by atoms with E-state index >= 15 is 0 Å². The second kappa shape index (κ2) is 10.4. The summed E-state index contributed by atoms with van der Waals surface area (Å²) in [6, 6.07) is 35.0. The average Bonchev–Trinajstić information content (AvgIpc) is 3.45. The topological polar surface area (TPSA) is 40.5 Å². The number of benzene rings is 3. The van der Waals surface area contributed by atoms with Gasteiger partial charge in [-0.1, -0.05) is 48.5 Å². The molecule has 0 saturated carbocycles. The number of rotatable bonds is 0. The molecule has 2 nitrogen and oxygen atoms in total. The Morgan fingerprint density at radius 3 is 1.00 bits per heavy atom. The van der Waals surface area contributed by atoms with Crippen molar-refractivity contribution in [3.05, 3.63) is 109 Å². The molecule has 0 atom stereocenters. The van der Waals surface area contributed by atoms with Crippen LogP contribution >= 0.6 is 0 Å². The van der Waals surface area contributed by atoms with Crippen molar-refractivity contribution in [2.75, 3.05) is 0 Å². The molecule has 0 unspecified atom stereocenters. The third-order valence-electron chi connectivity index (χ3n) is 3.99. The molecule has 5 aromatic rings. The maximum Gasteiger partial charge on any atom is 2.00 e. The number of aromatic hydroxyl groups is 2. The van der Waals surface area contributed by atoms with E-state index < -0.39 is 0 Å². The van der Waals surface area contributed by atoms with E-state index in [4.69, 9.17) is 0 Å². The summed E-state index contributed by atoms with van der Waals surface area (Å²) < 4.78 is 0. The predicted molar refractivity (Wildman–Crippen MR) is 109 cm³/mol. The quantitative estimate of drug-likeness (QED) is 0.143. The van der Waals surface area contributed by atoms with Crippen molar-refractivity contribution >= 4 is 21.5 Å². The van der Waals surface area contributed by atoms with Gasteiger partial charge < -0.3 is 10.2 Å². The van der Waals surface area contributed by atoms with Crippen molar-refractivity contribution in [2.45, 2.75) is 0 Å². The van der Waals surface area contributed by atoms with E-state index in [-0.39, 0.29) is 33.2 Å². The van der Waals surface area contributed by atoms with Gasteiger partial charge in [0.2, 0.25) is 0 Å². The molecule has 0 radical (unpaired) electrons. The van der Waals surface area contributed by atoms with Gasteiger partial charge in [0, 0.05) is 10.8 Å². The average molecular weight is 388 g/mol. The van der Waals surface area contributed by atoms with Crippen molar-refractivity contribution in [1.82, 2.24) is 0 Å². The summed E-state index contributed by atoms with van der Waals surface area (Å²) >= 11 is 0. The van der Waals surface area contributed by atoms with E-state index in [1.165, 1.54) is 0 Å². The maximum absolute atomic E-state index is 9.91. The Bertz CT molecular complexity index is 927. The summed E-state index contributed by atoms with van der Waals surface area (Å²) in [4.78, 5) is 0. The van der Waals surface area contributed by atoms with E-state index in [1.807, 2.05) is 97.1 Å². The van der Waals surface area contributed by atoms with Crippen LogP contribution in [0.5, 0.6) is 11.5 Å². The van der Waals surface area contributed by atoms with E-state index in [1.54, 1.807) is 12.1 Å². The molecule has 3 heteroatoms. The summed E-state index contributed by atoms with van der Waals surface area (Å²) in [7, 11) is 0. The van der Waals surface area contributed by atoms with Crippen molar-refractivity contribution < 1.29 is 31.9 Å². The summed E-state index contributed by atoms with van der Waals surface area (Å²) in [5.74, 6) is -0.0939. The normalized spacial score (nSPS) is 9.48. The zero-order valence-electron chi connectivity index (χ0n) is 14.8. The van der Waals surface area contributed by atoms with Crippen molar-refractivity contribution in [3.63, 3.8) is 0 Å². The van der Waals surface area contributed by atoms with Crippen LogP contribution in [-0.4, -0.2) is 10.2 Å². The molecule has 0 spiro atoms. The standard InChI is InChI=1S/C14H10O2.2C5H5.Ti/c15-13-11-7-3-1-5-9(11)10-6-2-4-8-12(10)14(13)16;2*1-2-4-5-3-1;/h1-8,15-16H;2*1-5H;/q;2*-1;+2. The van der Waals surface area contributed by atoms with Gasteiger partial charge in [0.1, 0.15) is 0 Å². The van der Waals surface area contributed by atoms with Gasteiger partial charge in [-0.05, 0) is 10.8 Å². The molecule has 0 saturated heterocycles. The number of phenolic OH excluding ortho intramolecular Hbond substituents is 2. The largest absolute Gasteiger partial charge is 2.00 e. The smallest absolute Gasteiger partial charge is 0.504 e. The molecule has 0 amide bonds. The summed E-state index contributed by atoms with van der Waals surface area (Å²) in [5.41, 5.74) is 0. The van der Waals surface area contributed by atoms with Crippen LogP contribution < -0.4 is 0 Å². The minimum absolute atomic E-state index is 0. The second-order valence-electron chi connectivity index (χ2n) is 5.71. The summed E-state index contributed by atoms with van der Waals surface area (Å²) in [6.45, 7) is 0. The fourth-order valence-corrected chi connectivity index (χ4v) is 2.75. The van der Waals surface area contributed by atoms with Gasteiger partial charge in [0.15, 0.2) is 11.5 Å². The molecule has 2 N–H and O–H groups in total. The third kappa shape index (κ3) is 5.10. The number of hydrogen-bond donors (Lipinski definition) is 2. The Morgan fingerprint density at radius 1 is 0.444 bits per heavy atom. The molecule has 0 bridgehead atoms. The Hall–Kier alpha value is -2.81. The Morgan fingerprint density at radius 2 is 0.741 bits per heavy atom. The third-order valence-corrected chi connectivity index (χ3v) is 3.99. The first-order valence-electron chi connectivity index (χ1n) is 8.44. The minimum atomic E-state index is -0.0469. The van der Waals surface area contributed by atoms with Crippen LogP contribution in [-0.2, 0) is 21.7 Å². The molecule has 0 heterocycles. The minimum Gasteiger partial charge on any atom is -0.504 e. The number of phenols is 2. The van der Waals surface area contributed by atoms with Crippen LogP contribution in [0.2, 0.25) is 0 Å². The van der Waals surface area contributed by atoms with E-state index in [0.717, 1.165) is 10.8 Å². The van der Waals surface area contributed by atoms with Gasteiger partial charge >= 0.3 is 21.7 Å². The van der Waals surface area contributed by atoms with Gasteiger partial charge in [-0.25, -0.2) is 24.3 Å². The monoisotopic (exact) mass is 388 g/mol. The Balaban J connectivity index is 0.000000195. The molecule has 132 valence electrons. The molecule has 0 aromatic heterocycles. The van der Waals surface area contributed by atoms with Crippen LogP contribution in [0.4, 0.5) is 0 Å². The Kier molecular flexibility index (Phi) is 7.87. The first-order valence-corrected chi connectivity index (χ1v) is 8.44. The number of fused-ring (bicyclic) bond motifs is 3. The molecule has 5 rings (SSSR count). The Labute approximate surface area is 173 Å². The summed E-state index contributed by atoms with van der Waals surface area (Å²) in [6.07, 6.45) is 0. The number of hydrogen-bond acceptors (Lipinski definition) is 2. The second-order valence-corrected chi connectivity index (χ2v) is 5.71. The van der Waals surface area contributed by atoms with Crippen molar-refractivity contribution in [3.8, 4) is 11.5 Å². The summed E-state index contributed by atoms with van der Waals surface area (Å²) in [5, 5.41) is 23.1.